The molecule has 24 heavy (non-hydrogen) atoms. The zero-order valence-electron chi connectivity index (χ0n) is 13.5. The van der Waals surface area contributed by atoms with Gasteiger partial charge in [0.1, 0.15) is 5.82 Å². The maximum absolute atomic E-state index is 13.6. The molecule has 3 aromatic rings. The third-order valence-electron chi connectivity index (χ3n) is 3.95. The van der Waals surface area contributed by atoms with Gasteiger partial charge in [-0.15, -0.1) is 0 Å². The molecular weight excluding hydrogens is 307 g/mol. The van der Waals surface area contributed by atoms with Gasteiger partial charge in [-0.1, -0.05) is 30.3 Å². The summed E-state index contributed by atoms with van der Waals surface area (Å²) in [6.45, 7) is 1.84. The van der Waals surface area contributed by atoms with Crippen molar-refractivity contribution in [2.24, 2.45) is 0 Å². The number of aromatic nitrogens is 1. The number of hydrogen-bond acceptors (Lipinski definition) is 2. The van der Waals surface area contributed by atoms with Crippen LogP contribution in [0.4, 0.5) is 4.39 Å². The van der Waals surface area contributed by atoms with Gasteiger partial charge < -0.3 is 4.90 Å². The number of rotatable bonds is 3. The first-order valence-corrected chi connectivity index (χ1v) is 7.58. The van der Waals surface area contributed by atoms with Crippen molar-refractivity contribution in [1.29, 1.82) is 0 Å². The van der Waals surface area contributed by atoms with Crippen LogP contribution in [-0.2, 0) is 6.54 Å². The van der Waals surface area contributed by atoms with E-state index in [0.29, 0.717) is 23.0 Å². The maximum Gasteiger partial charge on any atom is 0.256 e. The predicted molar refractivity (Wildman–Crippen MR) is 90.4 cm³/mol. The number of fused-ring (bicyclic) bond motifs is 1. The Hall–Kier alpha value is -2.95. The minimum Gasteiger partial charge on any atom is -0.337 e. The lowest BCUT2D eigenvalue weighted by atomic mass is 10.1. The number of carbonyl (C=O) groups is 2. The van der Waals surface area contributed by atoms with Gasteiger partial charge in [-0.05, 0) is 23.8 Å². The first-order chi connectivity index (χ1) is 11.5. The molecule has 3 rings (SSSR count). The molecule has 0 saturated carbocycles. The lowest BCUT2D eigenvalue weighted by Crippen LogP contribution is -2.26. The highest BCUT2D eigenvalue weighted by Gasteiger charge is 2.20. The number of benzene rings is 2. The van der Waals surface area contributed by atoms with Gasteiger partial charge in [0.15, 0.2) is 0 Å². The lowest BCUT2D eigenvalue weighted by Gasteiger charge is -2.16. The Morgan fingerprint density at radius 3 is 2.50 bits per heavy atom. The molecule has 0 bridgehead atoms. The van der Waals surface area contributed by atoms with Gasteiger partial charge in [0.05, 0.1) is 11.1 Å². The molecule has 0 saturated heterocycles. The van der Waals surface area contributed by atoms with Crippen molar-refractivity contribution < 1.29 is 14.0 Å². The molecule has 0 aliphatic rings. The van der Waals surface area contributed by atoms with E-state index in [1.807, 2.05) is 30.3 Å². The molecule has 122 valence electrons. The molecule has 4 nitrogen and oxygen atoms in total. The Labute approximate surface area is 139 Å². The van der Waals surface area contributed by atoms with Crippen LogP contribution >= 0.6 is 0 Å². The number of nitrogens with zero attached hydrogens (tertiary/aromatic N) is 2. The fourth-order valence-corrected chi connectivity index (χ4v) is 2.77. The molecule has 1 aromatic heterocycles. The largest absolute Gasteiger partial charge is 0.337 e. The van der Waals surface area contributed by atoms with Crippen LogP contribution in [0.2, 0.25) is 0 Å². The molecule has 1 amide bonds. The highest BCUT2D eigenvalue weighted by molar-refractivity contribution is 6.09. The van der Waals surface area contributed by atoms with Gasteiger partial charge in [0.2, 0.25) is 5.91 Å². The molecule has 0 radical (unpaired) electrons. The van der Waals surface area contributed by atoms with Gasteiger partial charge in [-0.25, -0.2) is 4.39 Å². The average molecular weight is 324 g/mol. The normalized spacial score (nSPS) is 10.8. The molecule has 2 aromatic carbocycles. The summed E-state index contributed by atoms with van der Waals surface area (Å²) < 4.78 is 15.0. The van der Waals surface area contributed by atoms with Crippen LogP contribution in [0.5, 0.6) is 0 Å². The lowest BCUT2D eigenvalue weighted by molar-refractivity contribution is 0.0787. The van der Waals surface area contributed by atoms with Gasteiger partial charge in [0, 0.05) is 32.1 Å². The van der Waals surface area contributed by atoms with Crippen molar-refractivity contribution >= 4 is 22.7 Å². The number of carbonyl (C=O) groups excluding carboxylic acids is 2. The molecule has 0 aliphatic carbocycles. The second-order valence-electron chi connectivity index (χ2n) is 5.74. The fraction of sp³-hybridized carbons (Fsp3) is 0.158. The second-order valence-corrected chi connectivity index (χ2v) is 5.74. The van der Waals surface area contributed by atoms with Crippen LogP contribution in [-0.4, -0.2) is 28.3 Å². The van der Waals surface area contributed by atoms with Crippen molar-refractivity contribution in [3.05, 3.63) is 71.7 Å². The van der Waals surface area contributed by atoms with Gasteiger partial charge in [-0.2, -0.15) is 0 Å². The van der Waals surface area contributed by atoms with Crippen molar-refractivity contribution in [1.82, 2.24) is 9.47 Å². The highest BCUT2D eigenvalue weighted by atomic mass is 19.1. The van der Waals surface area contributed by atoms with Crippen molar-refractivity contribution in [3.8, 4) is 0 Å². The summed E-state index contributed by atoms with van der Waals surface area (Å²) in [5.41, 5.74) is 1.84. The smallest absolute Gasteiger partial charge is 0.256 e. The number of amides is 1. The van der Waals surface area contributed by atoms with E-state index >= 15 is 0 Å². The molecule has 0 atom stereocenters. The van der Waals surface area contributed by atoms with Crippen LogP contribution in [0.25, 0.3) is 10.9 Å². The molecule has 0 unspecified atom stereocenters. The zero-order chi connectivity index (χ0) is 17.3. The fourth-order valence-electron chi connectivity index (χ4n) is 2.77. The SMILES string of the molecule is CC(=O)n1cc(C(=O)N(C)Cc2ccccc2)c2cc(F)ccc21. The molecule has 0 aliphatic heterocycles. The maximum atomic E-state index is 13.6. The Morgan fingerprint density at radius 1 is 1.12 bits per heavy atom. The summed E-state index contributed by atoms with van der Waals surface area (Å²) in [7, 11) is 1.69. The van der Waals surface area contributed by atoms with Crippen LogP contribution in [0.15, 0.2) is 54.7 Å². The van der Waals surface area contributed by atoms with Crippen LogP contribution in [0.1, 0.15) is 27.6 Å². The zero-order valence-corrected chi connectivity index (χ0v) is 13.5. The minimum atomic E-state index is -0.441. The standard InChI is InChI=1S/C19H17FN2O2/c1-13(23)22-12-17(16-10-15(20)8-9-18(16)22)19(24)21(2)11-14-6-4-3-5-7-14/h3-10,12H,11H2,1-2H3. The van der Waals surface area contributed by atoms with E-state index in [0.717, 1.165) is 5.56 Å². The predicted octanol–water partition coefficient (Wildman–Crippen LogP) is 3.71. The van der Waals surface area contributed by atoms with E-state index in [2.05, 4.69) is 0 Å². The average Bonchev–Trinajstić information content (AvgIpc) is 2.93. The minimum absolute atomic E-state index is 0.226. The quantitative estimate of drug-likeness (QED) is 0.737. The van der Waals surface area contributed by atoms with Crippen LogP contribution in [0, 0.1) is 5.82 Å². The van der Waals surface area contributed by atoms with E-state index in [1.165, 1.54) is 35.9 Å². The second kappa shape index (κ2) is 6.28. The van der Waals surface area contributed by atoms with E-state index in [4.69, 9.17) is 0 Å². The summed E-state index contributed by atoms with van der Waals surface area (Å²) in [5, 5.41) is 0.440. The monoisotopic (exact) mass is 324 g/mol. The Balaban J connectivity index is 2.00. The van der Waals surface area contributed by atoms with Crippen LogP contribution < -0.4 is 0 Å². The summed E-state index contributed by atoms with van der Waals surface area (Å²) in [6.07, 6.45) is 1.48. The van der Waals surface area contributed by atoms with E-state index in [1.54, 1.807) is 11.9 Å². The van der Waals surface area contributed by atoms with Crippen LogP contribution in [0.3, 0.4) is 0 Å². The van der Waals surface area contributed by atoms with Crippen molar-refractivity contribution in [2.75, 3.05) is 7.05 Å². The third kappa shape index (κ3) is 2.93. The third-order valence-corrected chi connectivity index (χ3v) is 3.95. The molecule has 0 N–H and O–H groups in total. The Morgan fingerprint density at radius 2 is 1.83 bits per heavy atom. The molecular formula is C19H17FN2O2. The topological polar surface area (TPSA) is 42.3 Å². The van der Waals surface area contributed by atoms with E-state index in [9.17, 15) is 14.0 Å². The van der Waals surface area contributed by atoms with Crippen molar-refractivity contribution in [3.63, 3.8) is 0 Å². The van der Waals surface area contributed by atoms with E-state index in [-0.39, 0.29) is 11.8 Å². The molecule has 5 heteroatoms. The van der Waals surface area contributed by atoms with Crippen molar-refractivity contribution in [2.45, 2.75) is 13.5 Å². The summed E-state index contributed by atoms with van der Waals surface area (Å²) in [4.78, 5) is 26.1. The van der Waals surface area contributed by atoms with E-state index < -0.39 is 5.82 Å². The Bertz CT molecular complexity index is 916. The van der Waals surface area contributed by atoms with Gasteiger partial charge in [-0.3, -0.25) is 14.2 Å². The summed E-state index contributed by atoms with van der Waals surface area (Å²) >= 11 is 0. The first kappa shape index (κ1) is 15.9. The molecule has 1 heterocycles. The first-order valence-electron chi connectivity index (χ1n) is 7.58. The summed E-state index contributed by atoms with van der Waals surface area (Å²) in [5.74, 6) is -0.922. The highest BCUT2D eigenvalue weighted by Crippen LogP contribution is 2.24. The van der Waals surface area contributed by atoms with Gasteiger partial charge >= 0.3 is 0 Å². The molecule has 0 fully saturated rings. The molecule has 0 spiro atoms. The Kier molecular flexibility index (Phi) is 4.16. The number of hydrogen-bond donors (Lipinski definition) is 0. The van der Waals surface area contributed by atoms with Gasteiger partial charge in [0.25, 0.3) is 5.91 Å². The summed E-state index contributed by atoms with van der Waals surface area (Å²) in [6, 6.07) is 13.7. The number of halogens is 1.